The monoisotopic (exact) mass is 306 g/mol. The normalized spacial score (nSPS) is 9.54. The minimum absolute atomic E-state index is 0.0805. The highest BCUT2D eigenvalue weighted by molar-refractivity contribution is 5.91. The lowest BCUT2D eigenvalue weighted by molar-refractivity contribution is 1.33. The second-order valence-corrected chi connectivity index (χ2v) is 4.99. The maximum atomic E-state index is 9.11. The lowest BCUT2D eigenvalue weighted by Crippen LogP contribution is -1.87. The van der Waals surface area contributed by atoms with Crippen molar-refractivity contribution in [1.29, 1.82) is 5.26 Å². The van der Waals surface area contributed by atoms with Crippen LogP contribution >= 0.6 is 0 Å². The minimum Gasteiger partial charge on any atom is -0.258 e. The van der Waals surface area contributed by atoms with Crippen molar-refractivity contribution in [1.82, 2.24) is 4.98 Å². The highest BCUT2D eigenvalue weighted by Crippen LogP contribution is 2.40. The van der Waals surface area contributed by atoms with E-state index in [9.17, 15) is 0 Å². The van der Waals surface area contributed by atoms with Crippen LogP contribution in [0.15, 0.2) is 60.8 Å². The molecule has 4 heteroatoms. The standard InChI is InChI=1S/C20H10N4/c1-22-19-16(13-21)8-9-17(20(19)23-2)18-12-15(10-11-24-18)14-6-4-3-5-7-14/h3-12H. The van der Waals surface area contributed by atoms with Gasteiger partial charge in [-0.2, -0.15) is 5.26 Å². The summed E-state index contributed by atoms with van der Waals surface area (Å²) in [7, 11) is 0. The largest absolute Gasteiger partial charge is 0.258 e. The molecule has 1 aromatic heterocycles. The molecule has 110 valence electrons. The number of pyridine rings is 1. The van der Waals surface area contributed by atoms with Crippen LogP contribution in [-0.2, 0) is 0 Å². The average Bonchev–Trinajstić information content (AvgIpc) is 2.67. The molecule has 0 aliphatic carbocycles. The number of hydrogen-bond acceptors (Lipinski definition) is 2. The SMILES string of the molecule is [C-]#[N+]c1c(C#N)ccc(-c2cc(-c3ccccc3)ccn2)c1[N+]#[C-]. The summed E-state index contributed by atoms with van der Waals surface area (Å²) in [6.07, 6.45) is 1.68. The molecular weight excluding hydrogens is 296 g/mol. The predicted molar refractivity (Wildman–Crippen MR) is 92.3 cm³/mol. The van der Waals surface area contributed by atoms with Gasteiger partial charge in [0.2, 0.25) is 11.4 Å². The summed E-state index contributed by atoms with van der Waals surface area (Å²) >= 11 is 0. The van der Waals surface area contributed by atoms with Gasteiger partial charge in [-0.1, -0.05) is 42.5 Å². The fourth-order valence-electron chi connectivity index (χ4n) is 2.49. The average molecular weight is 306 g/mol. The number of aromatic nitrogens is 1. The van der Waals surface area contributed by atoms with Gasteiger partial charge in [-0.3, -0.25) is 4.98 Å². The molecule has 0 saturated heterocycles. The molecule has 0 amide bonds. The third-order valence-electron chi connectivity index (χ3n) is 3.64. The van der Waals surface area contributed by atoms with Gasteiger partial charge in [0.1, 0.15) is 0 Å². The van der Waals surface area contributed by atoms with Crippen LogP contribution in [0.3, 0.4) is 0 Å². The van der Waals surface area contributed by atoms with Crippen LogP contribution in [0.5, 0.6) is 0 Å². The summed E-state index contributed by atoms with van der Waals surface area (Å²) in [6, 6.07) is 18.8. The first-order valence-corrected chi connectivity index (χ1v) is 7.12. The van der Waals surface area contributed by atoms with Gasteiger partial charge in [0.05, 0.1) is 24.9 Å². The highest BCUT2D eigenvalue weighted by atomic mass is 14.8. The fourth-order valence-corrected chi connectivity index (χ4v) is 2.49. The molecule has 0 unspecified atom stereocenters. The quantitative estimate of drug-likeness (QED) is 0.596. The lowest BCUT2D eigenvalue weighted by atomic mass is 10.0. The Morgan fingerprint density at radius 3 is 2.29 bits per heavy atom. The van der Waals surface area contributed by atoms with E-state index in [2.05, 4.69) is 14.7 Å². The molecule has 3 rings (SSSR count). The number of nitrogens with zero attached hydrogens (tertiary/aromatic N) is 4. The second-order valence-electron chi connectivity index (χ2n) is 4.99. The first-order chi connectivity index (χ1) is 11.8. The van der Waals surface area contributed by atoms with Crippen LogP contribution in [0.4, 0.5) is 11.4 Å². The smallest absolute Gasteiger partial charge is 0.212 e. The Morgan fingerprint density at radius 1 is 0.875 bits per heavy atom. The zero-order valence-corrected chi connectivity index (χ0v) is 12.6. The molecule has 3 aromatic rings. The van der Waals surface area contributed by atoms with Crippen molar-refractivity contribution in [2.45, 2.75) is 0 Å². The molecule has 4 nitrogen and oxygen atoms in total. The summed E-state index contributed by atoms with van der Waals surface area (Å²) in [5.74, 6) is 0. The van der Waals surface area contributed by atoms with Gasteiger partial charge in [0, 0.05) is 11.8 Å². The Hall–Kier alpha value is -3.94. The molecule has 0 aliphatic rings. The van der Waals surface area contributed by atoms with E-state index in [0.29, 0.717) is 11.3 Å². The third kappa shape index (κ3) is 2.59. The minimum atomic E-state index is 0.0805. The van der Waals surface area contributed by atoms with E-state index in [1.165, 1.54) is 0 Å². The first-order valence-electron chi connectivity index (χ1n) is 7.12. The van der Waals surface area contributed by atoms with Crippen molar-refractivity contribution >= 4 is 11.4 Å². The zero-order valence-electron chi connectivity index (χ0n) is 12.6. The maximum absolute atomic E-state index is 9.11. The molecule has 0 aliphatic heterocycles. The number of benzene rings is 2. The van der Waals surface area contributed by atoms with Crippen molar-refractivity contribution in [2.75, 3.05) is 0 Å². The van der Waals surface area contributed by atoms with E-state index in [4.69, 9.17) is 18.4 Å². The van der Waals surface area contributed by atoms with Crippen LogP contribution in [0.25, 0.3) is 32.1 Å². The molecule has 0 saturated carbocycles. The van der Waals surface area contributed by atoms with E-state index < -0.39 is 0 Å². The van der Waals surface area contributed by atoms with Gasteiger partial charge in [-0.25, -0.2) is 9.69 Å². The topological polar surface area (TPSA) is 45.4 Å². The Morgan fingerprint density at radius 2 is 1.62 bits per heavy atom. The molecule has 2 aromatic carbocycles. The van der Waals surface area contributed by atoms with E-state index >= 15 is 0 Å². The van der Waals surface area contributed by atoms with Crippen LogP contribution in [0.2, 0.25) is 0 Å². The molecule has 0 bridgehead atoms. The number of nitriles is 1. The van der Waals surface area contributed by atoms with Crippen LogP contribution in [0, 0.1) is 24.5 Å². The van der Waals surface area contributed by atoms with E-state index in [0.717, 1.165) is 11.1 Å². The summed E-state index contributed by atoms with van der Waals surface area (Å²) in [5.41, 5.74) is 3.65. The van der Waals surface area contributed by atoms with Crippen molar-refractivity contribution in [3.63, 3.8) is 0 Å². The number of rotatable bonds is 2. The third-order valence-corrected chi connectivity index (χ3v) is 3.64. The van der Waals surface area contributed by atoms with Crippen molar-refractivity contribution < 1.29 is 0 Å². The van der Waals surface area contributed by atoms with Gasteiger partial charge >= 0.3 is 0 Å². The fraction of sp³-hybridized carbons (Fsp3) is 0. The van der Waals surface area contributed by atoms with Crippen LogP contribution < -0.4 is 0 Å². The van der Waals surface area contributed by atoms with Crippen molar-refractivity contribution in [3.05, 3.63) is 89.2 Å². The van der Waals surface area contributed by atoms with Crippen LogP contribution in [-0.4, -0.2) is 4.98 Å². The van der Waals surface area contributed by atoms with Gasteiger partial charge < -0.3 is 0 Å². The van der Waals surface area contributed by atoms with E-state index in [1.807, 2.05) is 48.5 Å². The molecule has 0 radical (unpaired) electrons. The summed E-state index contributed by atoms with van der Waals surface area (Å²) < 4.78 is 0. The lowest BCUT2D eigenvalue weighted by Gasteiger charge is -2.09. The summed E-state index contributed by atoms with van der Waals surface area (Å²) in [6.45, 7) is 14.7. The van der Waals surface area contributed by atoms with Gasteiger partial charge in [-0.05, 0) is 28.8 Å². The summed E-state index contributed by atoms with van der Waals surface area (Å²) in [4.78, 5) is 11.2. The maximum Gasteiger partial charge on any atom is 0.212 e. The Kier molecular flexibility index (Phi) is 4.02. The molecule has 0 fully saturated rings. The molecule has 24 heavy (non-hydrogen) atoms. The van der Waals surface area contributed by atoms with E-state index in [1.54, 1.807) is 18.3 Å². The molecule has 0 spiro atoms. The first kappa shape index (κ1) is 15.0. The second kappa shape index (κ2) is 6.44. The zero-order chi connectivity index (χ0) is 16.9. The summed E-state index contributed by atoms with van der Waals surface area (Å²) in [5, 5.41) is 9.11. The number of hydrogen-bond donors (Lipinski definition) is 0. The van der Waals surface area contributed by atoms with Gasteiger partial charge in [0.15, 0.2) is 0 Å². The highest BCUT2D eigenvalue weighted by Gasteiger charge is 2.16. The molecule has 0 N–H and O–H groups in total. The van der Waals surface area contributed by atoms with Gasteiger partial charge in [-0.15, -0.1) is 0 Å². The molecule has 0 atom stereocenters. The Balaban J connectivity index is 2.20. The predicted octanol–water partition coefficient (Wildman–Crippen LogP) is 5.39. The Labute approximate surface area is 139 Å². The molecule has 1 heterocycles. The van der Waals surface area contributed by atoms with Crippen LogP contribution in [0.1, 0.15) is 5.56 Å². The van der Waals surface area contributed by atoms with Crippen molar-refractivity contribution in [3.8, 4) is 28.5 Å². The molecular formula is C20H10N4. The van der Waals surface area contributed by atoms with Gasteiger partial charge in [0.25, 0.3) is 0 Å². The van der Waals surface area contributed by atoms with E-state index in [-0.39, 0.29) is 16.9 Å². The van der Waals surface area contributed by atoms with Crippen molar-refractivity contribution in [2.24, 2.45) is 0 Å². The Bertz CT molecular complexity index is 1030.